The molecule has 1 spiro atoms. The second kappa shape index (κ2) is 8.79. The number of carbonyl (C=O) groups excluding carboxylic acids is 1. The first kappa shape index (κ1) is 21.3. The second-order valence-corrected chi connectivity index (χ2v) is 8.61. The van der Waals surface area contributed by atoms with Crippen molar-refractivity contribution >= 4 is 17.3 Å². The van der Waals surface area contributed by atoms with E-state index in [9.17, 15) is 13.6 Å². The summed E-state index contributed by atoms with van der Waals surface area (Å²) < 4.78 is 27.7. The molecular formula is C27H25F2N3O. The molecule has 1 amide bonds. The van der Waals surface area contributed by atoms with E-state index in [0.29, 0.717) is 30.9 Å². The van der Waals surface area contributed by atoms with Crippen molar-refractivity contribution < 1.29 is 13.6 Å². The fourth-order valence-electron chi connectivity index (χ4n) is 5.15. The summed E-state index contributed by atoms with van der Waals surface area (Å²) in [6, 6.07) is 22.5. The number of hydrogen-bond donors (Lipinski definition) is 2. The molecule has 0 radical (unpaired) electrons. The van der Waals surface area contributed by atoms with Crippen molar-refractivity contribution in [2.24, 2.45) is 5.92 Å². The minimum absolute atomic E-state index is 0.0302. The SMILES string of the molecule is O=C1C=C(Nc2ccc(F)cc2)C2(CCNCC2Cc2ccccc2)N1c1cccc(F)c1. The van der Waals surface area contributed by atoms with E-state index in [1.54, 1.807) is 35.2 Å². The molecule has 33 heavy (non-hydrogen) atoms. The summed E-state index contributed by atoms with van der Waals surface area (Å²) in [7, 11) is 0. The molecule has 4 nitrogen and oxygen atoms in total. The number of halogens is 2. The number of rotatable bonds is 5. The third-order valence-electron chi connectivity index (χ3n) is 6.62. The molecule has 1 saturated heterocycles. The van der Waals surface area contributed by atoms with Gasteiger partial charge in [0.2, 0.25) is 0 Å². The van der Waals surface area contributed by atoms with Crippen molar-refractivity contribution in [3.8, 4) is 0 Å². The molecule has 2 unspecified atom stereocenters. The maximum atomic E-state index is 14.2. The molecule has 2 aliphatic heterocycles. The largest absolute Gasteiger partial charge is 0.357 e. The van der Waals surface area contributed by atoms with Gasteiger partial charge >= 0.3 is 0 Å². The first-order valence-corrected chi connectivity index (χ1v) is 11.2. The quantitative estimate of drug-likeness (QED) is 0.587. The minimum Gasteiger partial charge on any atom is -0.357 e. The normalized spacial score (nSPS) is 22.5. The lowest BCUT2D eigenvalue weighted by atomic mass is 9.72. The van der Waals surface area contributed by atoms with E-state index < -0.39 is 5.54 Å². The van der Waals surface area contributed by atoms with Crippen LogP contribution in [-0.2, 0) is 11.2 Å². The first-order valence-electron chi connectivity index (χ1n) is 11.2. The Balaban J connectivity index is 1.60. The predicted octanol–water partition coefficient (Wildman–Crippen LogP) is 4.90. The minimum atomic E-state index is -0.694. The molecule has 0 aliphatic carbocycles. The van der Waals surface area contributed by atoms with Gasteiger partial charge in [0.25, 0.3) is 5.91 Å². The van der Waals surface area contributed by atoms with Crippen LogP contribution in [0, 0.1) is 17.6 Å². The van der Waals surface area contributed by atoms with Gasteiger partial charge < -0.3 is 10.6 Å². The Bertz CT molecular complexity index is 1180. The number of piperidine rings is 1. The number of hydrogen-bond acceptors (Lipinski definition) is 3. The summed E-state index contributed by atoms with van der Waals surface area (Å²) in [4.78, 5) is 15.2. The van der Waals surface area contributed by atoms with Crippen LogP contribution in [0.4, 0.5) is 20.2 Å². The van der Waals surface area contributed by atoms with E-state index in [1.807, 2.05) is 18.2 Å². The first-order chi connectivity index (χ1) is 16.1. The van der Waals surface area contributed by atoms with Gasteiger partial charge in [-0.25, -0.2) is 8.78 Å². The van der Waals surface area contributed by atoms with Crippen LogP contribution in [-0.4, -0.2) is 24.5 Å². The summed E-state index contributed by atoms with van der Waals surface area (Å²) in [6.45, 7) is 1.42. The lowest BCUT2D eigenvalue weighted by molar-refractivity contribution is -0.114. The third kappa shape index (κ3) is 4.02. The average molecular weight is 446 g/mol. The highest BCUT2D eigenvalue weighted by atomic mass is 19.1. The van der Waals surface area contributed by atoms with E-state index in [0.717, 1.165) is 12.1 Å². The molecule has 0 aromatic heterocycles. The number of nitrogens with one attached hydrogen (secondary N) is 2. The Morgan fingerprint density at radius 2 is 1.76 bits per heavy atom. The summed E-state index contributed by atoms with van der Waals surface area (Å²) in [6.07, 6.45) is 3.01. The van der Waals surface area contributed by atoms with E-state index in [-0.39, 0.29) is 23.5 Å². The molecule has 2 N–H and O–H groups in total. The Hall–Kier alpha value is -3.51. The zero-order valence-electron chi connectivity index (χ0n) is 18.1. The molecule has 0 saturated carbocycles. The van der Waals surface area contributed by atoms with Crippen molar-refractivity contribution in [2.75, 3.05) is 23.3 Å². The Kier molecular flexibility index (Phi) is 5.68. The molecule has 2 aliphatic rings. The van der Waals surface area contributed by atoms with Crippen molar-refractivity contribution in [2.45, 2.75) is 18.4 Å². The number of benzene rings is 3. The number of amides is 1. The van der Waals surface area contributed by atoms with E-state index >= 15 is 0 Å². The number of nitrogens with zero attached hydrogens (tertiary/aromatic N) is 1. The molecule has 0 bridgehead atoms. The molecule has 6 heteroatoms. The highest BCUT2D eigenvalue weighted by Gasteiger charge is 2.54. The Labute approximate surface area is 191 Å². The standard InChI is InChI=1S/C27H25F2N3O/c28-21-9-11-23(12-10-21)31-25-17-26(33)32(24-8-4-7-22(29)16-24)27(25)13-14-30-18-20(27)15-19-5-2-1-3-6-19/h1-12,16-17,20,30-31H,13-15,18H2. The number of anilines is 2. The highest BCUT2D eigenvalue weighted by Crippen LogP contribution is 2.46. The van der Waals surface area contributed by atoms with Gasteiger partial charge in [-0.05, 0) is 67.4 Å². The zero-order chi connectivity index (χ0) is 22.8. The van der Waals surface area contributed by atoms with Gasteiger partial charge in [-0.1, -0.05) is 36.4 Å². The molecule has 168 valence electrons. The molecule has 3 aromatic carbocycles. The Morgan fingerprint density at radius 1 is 0.970 bits per heavy atom. The van der Waals surface area contributed by atoms with Crippen molar-refractivity contribution in [1.82, 2.24) is 5.32 Å². The van der Waals surface area contributed by atoms with E-state index in [4.69, 9.17) is 0 Å². The maximum Gasteiger partial charge on any atom is 0.253 e. The van der Waals surface area contributed by atoms with Crippen LogP contribution < -0.4 is 15.5 Å². The van der Waals surface area contributed by atoms with Gasteiger partial charge in [0.05, 0.1) is 5.54 Å². The fraction of sp³-hybridized carbons (Fsp3) is 0.222. The van der Waals surface area contributed by atoms with Gasteiger partial charge in [-0.2, -0.15) is 0 Å². The average Bonchev–Trinajstić information content (AvgIpc) is 3.08. The number of carbonyl (C=O) groups is 1. The fourth-order valence-corrected chi connectivity index (χ4v) is 5.15. The summed E-state index contributed by atoms with van der Waals surface area (Å²) in [5.74, 6) is -0.867. The molecule has 5 rings (SSSR count). The predicted molar refractivity (Wildman–Crippen MR) is 126 cm³/mol. The zero-order valence-corrected chi connectivity index (χ0v) is 18.1. The molecule has 2 heterocycles. The van der Waals surface area contributed by atoms with E-state index in [1.165, 1.54) is 29.8 Å². The topological polar surface area (TPSA) is 44.4 Å². The van der Waals surface area contributed by atoms with Gasteiger partial charge in [0.15, 0.2) is 0 Å². The summed E-state index contributed by atoms with van der Waals surface area (Å²) in [5, 5.41) is 6.88. The van der Waals surface area contributed by atoms with Crippen LogP contribution in [0.25, 0.3) is 0 Å². The van der Waals surface area contributed by atoms with Gasteiger partial charge in [0, 0.05) is 35.6 Å². The molecular weight excluding hydrogens is 420 g/mol. The molecule has 2 atom stereocenters. The summed E-state index contributed by atoms with van der Waals surface area (Å²) in [5.41, 5.74) is 2.47. The monoisotopic (exact) mass is 445 g/mol. The van der Waals surface area contributed by atoms with Crippen LogP contribution in [0.15, 0.2) is 90.6 Å². The van der Waals surface area contributed by atoms with Crippen LogP contribution in [0.2, 0.25) is 0 Å². The highest BCUT2D eigenvalue weighted by molar-refractivity contribution is 6.08. The van der Waals surface area contributed by atoms with Crippen LogP contribution in [0.3, 0.4) is 0 Å². The molecule has 1 fully saturated rings. The summed E-state index contributed by atoms with van der Waals surface area (Å²) >= 11 is 0. The van der Waals surface area contributed by atoms with Crippen LogP contribution >= 0.6 is 0 Å². The van der Waals surface area contributed by atoms with Crippen LogP contribution in [0.5, 0.6) is 0 Å². The van der Waals surface area contributed by atoms with Crippen molar-refractivity contribution in [3.05, 3.63) is 108 Å². The van der Waals surface area contributed by atoms with Crippen molar-refractivity contribution in [1.29, 1.82) is 0 Å². The van der Waals surface area contributed by atoms with Crippen molar-refractivity contribution in [3.63, 3.8) is 0 Å². The molecule has 3 aromatic rings. The third-order valence-corrected chi connectivity index (χ3v) is 6.62. The lowest BCUT2D eigenvalue weighted by Gasteiger charge is -2.49. The smallest absolute Gasteiger partial charge is 0.253 e. The van der Waals surface area contributed by atoms with Gasteiger partial charge in [-0.15, -0.1) is 0 Å². The lowest BCUT2D eigenvalue weighted by Crippen LogP contribution is -2.62. The van der Waals surface area contributed by atoms with Gasteiger partial charge in [-0.3, -0.25) is 9.69 Å². The van der Waals surface area contributed by atoms with Crippen LogP contribution in [0.1, 0.15) is 12.0 Å². The maximum absolute atomic E-state index is 14.2. The van der Waals surface area contributed by atoms with Gasteiger partial charge in [0.1, 0.15) is 11.6 Å². The second-order valence-electron chi connectivity index (χ2n) is 8.61. The Morgan fingerprint density at radius 3 is 2.52 bits per heavy atom. The van der Waals surface area contributed by atoms with E-state index in [2.05, 4.69) is 22.8 Å².